The van der Waals surface area contributed by atoms with Crippen LogP contribution in [0.25, 0.3) is 0 Å². The van der Waals surface area contributed by atoms with Gasteiger partial charge in [0.2, 0.25) is 17.8 Å². The van der Waals surface area contributed by atoms with Crippen LogP contribution in [0.3, 0.4) is 0 Å². The standard InChI is InChI=1S/C48H51ClN8O5.C2HF3O2/c1-47(2,34-23-32(27-50)24-35(49)25-34)33-3-6-38(7-4-33)62-30-36-11-17-51-46(52-36)56-18-12-31(29-56)28-54-19-13-48(14-20-54)15-21-55(22-16-48)37-5-8-39-40(26-37)45(61)57(44(39)60)41-9-10-42(58)53-43(41)59;3-2(4,5)1(6)7/h3-8,11,17,23-26,31,41H,9-10,12-16,18-22,28-30H2,1-2H3,(H,53,58,59);(H,6,7). The summed E-state index contributed by atoms with van der Waals surface area (Å²) in [6.07, 6.45) is 2.60. The normalized spacial score (nSPS) is 20.6. The number of nitrogens with one attached hydrogen (secondary N) is 1. The van der Waals surface area contributed by atoms with Gasteiger partial charge in [-0.15, -0.1) is 0 Å². The maximum atomic E-state index is 13.4. The number of rotatable bonds is 10. The summed E-state index contributed by atoms with van der Waals surface area (Å²) < 4.78 is 37.9. The molecule has 4 fully saturated rings. The number of ether oxygens (including phenoxy) is 1. The lowest BCUT2D eigenvalue weighted by atomic mass is 9.71. The SMILES string of the molecule is CC(C)(c1ccc(OCc2ccnc(N3CCC(CN4CCC5(CC4)CCN(c4ccc6c(c4)C(=O)N(C4CCC(=O)NC4=O)C6=O)CC5)C3)n2)cc1)c1cc(Cl)cc(C#N)c1.O=C(O)C(F)(F)F. The molecule has 2 atom stereocenters. The number of piperidine rings is 3. The highest BCUT2D eigenvalue weighted by Crippen LogP contribution is 2.43. The molecule has 0 bridgehead atoms. The zero-order valence-electron chi connectivity index (χ0n) is 38.2. The Labute approximate surface area is 402 Å². The Kier molecular flexibility index (Phi) is 14.0. The highest BCUT2D eigenvalue weighted by atomic mass is 35.5. The third kappa shape index (κ3) is 10.8. The number of nitriles is 1. The molecule has 4 saturated heterocycles. The summed E-state index contributed by atoms with van der Waals surface area (Å²) in [6, 6.07) is 22.1. The Bertz CT molecular complexity index is 2680. The molecule has 2 unspecified atom stereocenters. The van der Waals surface area contributed by atoms with Crippen molar-refractivity contribution in [1.82, 2.24) is 25.1 Å². The molecule has 69 heavy (non-hydrogen) atoms. The summed E-state index contributed by atoms with van der Waals surface area (Å²) in [7, 11) is 0. The van der Waals surface area contributed by atoms with E-state index in [-0.39, 0.29) is 24.2 Å². The maximum Gasteiger partial charge on any atom is 0.490 e. The van der Waals surface area contributed by atoms with Gasteiger partial charge in [-0.3, -0.25) is 29.4 Å². The number of benzene rings is 3. The van der Waals surface area contributed by atoms with Gasteiger partial charge < -0.3 is 24.5 Å². The number of amides is 4. The topological polar surface area (TPSA) is 189 Å². The van der Waals surface area contributed by atoms with Crippen LogP contribution in [0.1, 0.15) is 102 Å². The largest absolute Gasteiger partial charge is 0.490 e. The number of likely N-dealkylation sites (tertiary alicyclic amines) is 1. The Hall–Kier alpha value is -6.58. The van der Waals surface area contributed by atoms with Crippen LogP contribution in [0.15, 0.2) is 72.9 Å². The minimum absolute atomic E-state index is 0.100. The van der Waals surface area contributed by atoms with Gasteiger partial charge in [-0.2, -0.15) is 18.4 Å². The second-order valence-electron chi connectivity index (χ2n) is 19.0. The van der Waals surface area contributed by atoms with Crippen molar-refractivity contribution in [3.05, 3.63) is 111 Å². The van der Waals surface area contributed by atoms with Crippen LogP contribution in [0.5, 0.6) is 5.75 Å². The van der Waals surface area contributed by atoms with E-state index in [0.717, 1.165) is 104 Å². The average molecular weight is 969 g/mol. The van der Waals surface area contributed by atoms with Crippen molar-refractivity contribution in [2.24, 2.45) is 11.3 Å². The molecule has 1 aromatic heterocycles. The lowest BCUT2D eigenvalue weighted by Gasteiger charge is -2.47. The van der Waals surface area contributed by atoms with E-state index >= 15 is 0 Å². The van der Waals surface area contributed by atoms with Crippen molar-refractivity contribution in [2.45, 2.75) is 83.0 Å². The summed E-state index contributed by atoms with van der Waals surface area (Å²) in [5.74, 6) is -2.62. The third-order valence-electron chi connectivity index (χ3n) is 14.3. The van der Waals surface area contributed by atoms with Gasteiger partial charge in [0.25, 0.3) is 11.8 Å². The van der Waals surface area contributed by atoms with Crippen LogP contribution in [0.4, 0.5) is 24.8 Å². The summed E-state index contributed by atoms with van der Waals surface area (Å²) in [4.78, 5) is 77.5. The monoisotopic (exact) mass is 968 g/mol. The molecule has 3 aromatic carbocycles. The van der Waals surface area contributed by atoms with E-state index in [9.17, 15) is 37.6 Å². The first-order valence-electron chi connectivity index (χ1n) is 23.0. The van der Waals surface area contributed by atoms with Crippen LogP contribution in [-0.2, 0) is 26.4 Å². The van der Waals surface area contributed by atoms with Crippen molar-refractivity contribution in [3.63, 3.8) is 0 Å². The predicted octanol–water partition coefficient (Wildman–Crippen LogP) is 7.15. The van der Waals surface area contributed by atoms with Gasteiger partial charge in [0.05, 0.1) is 28.5 Å². The quantitative estimate of drug-likeness (QED) is 0.153. The molecule has 2 N–H and O–H groups in total. The minimum atomic E-state index is -5.08. The van der Waals surface area contributed by atoms with Gasteiger partial charge in [-0.05, 0) is 129 Å². The summed E-state index contributed by atoms with van der Waals surface area (Å²) in [5.41, 5.74) is 4.97. The zero-order chi connectivity index (χ0) is 49.3. The van der Waals surface area contributed by atoms with E-state index in [2.05, 4.69) is 57.0 Å². The fourth-order valence-electron chi connectivity index (χ4n) is 10.1. The molecule has 1 spiro atoms. The minimum Gasteiger partial charge on any atom is -0.487 e. The van der Waals surface area contributed by atoms with Crippen LogP contribution >= 0.6 is 11.6 Å². The van der Waals surface area contributed by atoms with E-state index in [4.69, 9.17) is 31.2 Å². The molecule has 6 heterocycles. The molecule has 0 aliphatic carbocycles. The molecule has 15 nitrogen and oxygen atoms in total. The number of hydrogen-bond acceptors (Lipinski definition) is 12. The lowest BCUT2D eigenvalue weighted by Crippen LogP contribution is -2.54. The molecule has 0 saturated carbocycles. The smallest absolute Gasteiger partial charge is 0.487 e. The molecule has 0 radical (unpaired) electrons. The third-order valence-corrected chi connectivity index (χ3v) is 14.5. The number of anilines is 2. The molecule has 9 rings (SSSR count). The van der Waals surface area contributed by atoms with E-state index in [1.807, 2.05) is 48.7 Å². The second kappa shape index (κ2) is 19.8. The fraction of sp³-hybridized carbons (Fsp3) is 0.440. The van der Waals surface area contributed by atoms with Gasteiger partial charge in [-0.25, -0.2) is 14.8 Å². The second-order valence-corrected chi connectivity index (χ2v) is 19.4. The number of aliphatic carboxylic acids is 1. The van der Waals surface area contributed by atoms with E-state index in [1.165, 1.54) is 12.8 Å². The average Bonchev–Trinajstić information content (AvgIpc) is 3.90. The van der Waals surface area contributed by atoms with Gasteiger partial charge in [0.1, 0.15) is 18.4 Å². The first-order chi connectivity index (χ1) is 32.8. The van der Waals surface area contributed by atoms with E-state index in [1.54, 1.807) is 12.1 Å². The number of aromatic nitrogens is 2. The molecule has 4 aromatic rings. The van der Waals surface area contributed by atoms with Gasteiger partial charge in [0, 0.05) is 61.5 Å². The van der Waals surface area contributed by atoms with Crippen molar-refractivity contribution in [1.29, 1.82) is 5.26 Å². The first kappa shape index (κ1) is 48.9. The fourth-order valence-corrected chi connectivity index (χ4v) is 10.3. The van der Waals surface area contributed by atoms with Crippen LogP contribution < -0.4 is 19.9 Å². The number of carboxylic acids is 1. The van der Waals surface area contributed by atoms with Gasteiger partial charge >= 0.3 is 12.1 Å². The number of carbonyl (C=O) groups excluding carboxylic acids is 4. The highest BCUT2D eigenvalue weighted by Gasteiger charge is 2.45. The van der Waals surface area contributed by atoms with Crippen molar-refractivity contribution < 1.29 is 47.0 Å². The number of imide groups is 2. The van der Waals surface area contributed by atoms with Crippen LogP contribution in [-0.4, -0.2) is 113 Å². The van der Waals surface area contributed by atoms with Gasteiger partial charge in [0.15, 0.2) is 0 Å². The van der Waals surface area contributed by atoms with Crippen molar-refractivity contribution >= 4 is 52.8 Å². The van der Waals surface area contributed by atoms with Crippen LogP contribution in [0.2, 0.25) is 5.02 Å². The van der Waals surface area contributed by atoms with E-state index < -0.39 is 35.9 Å². The molecule has 4 amide bonds. The Morgan fingerprint density at radius 1 is 0.884 bits per heavy atom. The number of nitrogens with zero attached hydrogens (tertiary/aromatic N) is 7. The zero-order valence-corrected chi connectivity index (χ0v) is 39.0. The number of carbonyl (C=O) groups is 5. The van der Waals surface area contributed by atoms with Crippen molar-refractivity contribution in [3.8, 4) is 11.8 Å². The Morgan fingerprint density at radius 3 is 2.23 bits per heavy atom. The molecule has 19 heteroatoms. The molecule has 5 aliphatic rings. The maximum absolute atomic E-state index is 13.4. The molecular formula is C50H52ClF3N8O7. The number of halogens is 4. The Morgan fingerprint density at radius 2 is 1.57 bits per heavy atom. The molecule has 362 valence electrons. The first-order valence-corrected chi connectivity index (χ1v) is 23.3. The Balaban J connectivity index is 0.000000853. The predicted molar refractivity (Wildman–Crippen MR) is 248 cm³/mol. The molecule has 5 aliphatic heterocycles. The summed E-state index contributed by atoms with van der Waals surface area (Å²) in [5, 5.41) is 19.4. The highest BCUT2D eigenvalue weighted by molar-refractivity contribution is 6.30. The summed E-state index contributed by atoms with van der Waals surface area (Å²) in [6.45, 7) is 11.5. The number of fused-ring (bicyclic) bond motifs is 1. The van der Waals surface area contributed by atoms with Crippen LogP contribution in [0, 0.1) is 22.7 Å². The molecular weight excluding hydrogens is 917 g/mol. The summed E-state index contributed by atoms with van der Waals surface area (Å²) >= 11 is 6.31. The number of alkyl halides is 3. The van der Waals surface area contributed by atoms with E-state index in [0.29, 0.717) is 39.7 Å². The number of hydrogen-bond donors (Lipinski definition) is 2. The lowest BCUT2D eigenvalue weighted by molar-refractivity contribution is -0.192. The van der Waals surface area contributed by atoms with Gasteiger partial charge in [-0.1, -0.05) is 37.6 Å². The van der Waals surface area contributed by atoms with Crippen molar-refractivity contribution in [2.75, 3.05) is 55.6 Å². The number of carboxylic acid groups (broad SMARTS) is 1.